The molecule has 0 saturated carbocycles. The van der Waals surface area contributed by atoms with Crippen molar-refractivity contribution in [2.24, 2.45) is 77.3 Å². The van der Waals surface area contributed by atoms with Crippen LogP contribution in [0.15, 0.2) is 20.0 Å². The highest BCUT2D eigenvalue weighted by atomic mass is 16.4. The van der Waals surface area contributed by atoms with Crippen molar-refractivity contribution in [3.8, 4) is 0 Å². The molecule has 0 aromatic rings. The van der Waals surface area contributed by atoms with E-state index in [1.165, 1.54) is 32.7 Å². The zero-order chi connectivity index (χ0) is 69.8. The number of guanidine groups is 4. The number of aliphatic imine (C=N–C) groups is 4. The molecule has 1 aliphatic heterocycles. The number of hydrogen-bond donors (Lipinski definition) is 21. The molecule has 31 N–H and O–H groups in total. The summed E-state index contributed by atoms with van der Waals surface area (Å²) >= 11 is 0. The Bertz CT molecular complexity index is 2610. The molecule has 1 fully saturated rings. The van der Waals surface area contributed by atoms with Crippen LogP contribution in [0.25, 0.3) is 0 Å². The van der Waals surface area contributed by atoms with Crippen LogP contribution in [-0.2, 0) is 57.5 Å². The highest BCUT2D eigenvalue weighted by Gasteiger charge is 2.40. The minimum absolute atomic E-state index is 0.00671. The number of aliphatic hydroxyl groups is 1. The van der Waals surface area contributed by atoms with Crippen molar-refractivity contribution < 1.29 is 72.9 Å². The number of hydrogen-bond acceptors (Lipinski definition) is 19. The summed E-state index contributed by atoms with van der Waals surface area (Å²) in [6, 6.07) is -14.1. The van der Waals surface area contributed by atoms with Crippen LogP contribution < -0.4 is 99.9 Å². The van der Waals surface area contributed by atoms with Crippen LogP contribution in [0, 0.1) is 0 Å². The van der Waals surface area contributed by atoms with Crippen molar-refractivity contribution in [2.45, 2.75) is 184 Å². The Morgan fingerprint density at radius 1 is 0.489 bits per heavy atom. The van der Waals surface area contributed by atoms with Crippen LogP contribution in [0.4, 0.5) is 0 Å². The Morgan fingerprint density at radius 3 is 1.23 bits per heavy atom. The number of nitrogens with one attached hydrogen (secondary N) is 8. The van der Waals surface area contributed by atoms with Gasteiger partial charge >= 0.3 is 11.9 Å². The van der Waals surface area contributed by atoms with Gasteiger partial charge in [-0.05, 0) is 117 Å². The molecule has 0 aromatic heterocycles. The molecule has 0 bridgehead atoms. The third kappa shape index (κ3) is 31.9. The van der Waals surface area contributed by atoms with Crippen LogP contribution in [0.3, 0.4) is 0 Å². The number of unbranched alkanes of at least 4 members (excludes halogenated alkanes) is 1. The van der Waals surface area contributed by atoms with Crippen molar-refractivity contribution in [2.75, 3.05) is 52.9 Å². The van der Waals surface area contributed by atoms with Crippen molar-refractivity contribution in [1.82, 2.24) is 52.3 Å². The largest absolute Gasteiger partial charge is 0.481 e. The number of carbonyl (C=O) groups excluding carboxylic acids is 10. The number of carbonyl (C=O) groups is 12. The number of carboxylic acid groups (broad SMARTS) is 2. The maximum absolute atomic E-state index is 14.4. The number of aliphatic hydroxyl groups excluding tert-OH is 1. The number of amides is 10. The van der Waals surface area contributed by atoms with Gasteiger partial charge in [-0.15, -0.1) is 0 Å². The molecule has 1 saturated heterocycles. The van der Waals surface area contributed by atoms with E-state index < -0.39 is 157 Å². The summed E-state index contributed by atoms with van der Waals surface area (Å²) in [5.74, 6) is -12.7. The van der Waals surface area contributed by atoms with Crippen LogP contribution in [0.5, 0.6) is 0 Å². The predicted octanol–water partition coefficient (Wildman–Crippen LogP) is -9.65. The van der Waals surface area contributed by atoms with Gasteiger partial charge in [0.15, 0.2) is 23.8 Å². The minimum atomic E-state index is -1.71. The Hall–Kier alpha value is -9.40. The monoisotopic (exact) mass is 1310 g/mol. The average Bonchev–Trinajstić information content (AvgIpc) is 1.65. The van der Waals surface area contributed by atoms with Crippen molar-refractivity contribution in [3.63, 3.8) is 0 Å². The lowest BCUT2D eigenvalue weighted by Crippen LogP contribution is -2.60. The van der Waals surface area contributed by atoms with E-state index in [1.54, 1.807) is 0 Å². The molecule has 0 unspecified atom stereocenters. The number of rotatable bonds is 44. The fourth-order valence-electron chi connectivity index (χ4n) is 9.06. The second kappa shape index (κ2) is 42.6. The SMILES string of the molecule is C[C@H](NC(=O)[C@H](C)NC(=O)[C@H](CCCN=C(N)N)NC(=O)[C@H](CCCN=C(N)N)NC(=O)[C@H](CCC(=O)O)NC(=O)[C@H](CCCN=C(N)N)NC(=O)[C@@H]1CCCN1C(=O)[C@@H](N)[C@@H](C)O)C(=O)N[C@@H](CCCCN)C(=O)N[C@@H](CCCN=C(N)N)C(=O)N(C)CC(=O)O. The molecule has 10 amide bonds. The third-order valence-electron chi connectivity index (χ3n) is 14.1. The molecule has 92 heavy (non-hydrogen) atoms. The average molecular weight is 1310 g/mol. The zero-order valence-electron chi connectivity index (χ0n) is 52.6. The highest BCUT2D eigenvalue weighted by molar-refractivity contribution is 5.99. The van der Waals surface area contributed by atoms with Gasteiger partial charge in [0.05, 0.1) is 6.10 Å². The summed E-state index contributed by atoms with van der Waals surface area (Å²) in [4.78, 5) is 180. The summed E-state index contributed by atoms with van der Waals surface area (Å²) < 4.78 is 0. The predicted molar refractivity (Wildman–Crippen MR) is 336 cm³/mol. The minimum Gasteiger partial charge on any atom is -0.481 e. The number of likely N-dealkylation sites (tertiary alicyclic amines) is 1. The Kier molecular flexibility index (Phi) is 37.3. The van der Waals surface area contributed by atoms with Crippen molar-refractivity contribution >= 4 is 94.8 Å². The van der Waals surface area contributed by atoms with Gasteiger partial charge in [-0.3, -0.25) is 77.5 Å². The van der Waals surface area contributed by atoms with Gasteiger partial charge in [0.2, 0.25) is 59.1 Å². The highest BCUT2D eigenvalue weighted by Crippen LogP contribution is 2.20. The van der Waals surface area contributed by atoms with Crippen LogP contribution in [0.1, 0.15) is 117 Å². The van der Waals surface area contributed by atoms with Gasteiger partial charge in [0.25, 0.3) is 0 Å². The standard InChI is InChI=1S/C53H98N24O15/c1-27(40(83)68-28(2)41(84)70-30(12-5-6-20-54)45(88)75-35(16-10-24-67-53(62)63)48(91)76(4)26-38(81)82)69-42(85)31(13-7-21-64-50(56)57)71-43(86)32(14-8-22-65-51(58)59)72-46(89)34(18-19-37(79)80)73-44(87)33(15-9-23-66-52(60)61)74-47(90)36-17-11-25-77(36)49(92)39(55)29(3)78/h27-36,39,78H,5-26,54-55H2,1-4H3,(H,68,83)(H,69,85)(H,70,84)(H,71,86)(H,72,89)(H,73,87)(H,74,90)(H,75,88)(H,79,80)(H,81,82)(H4,56,57,64)(H4,58,59,65)(H4,60,61,66)(H4,62,63,67)/t27-,28-,29+,30-,31-,32-,33-,34-,35-,36-,39-/m0/s1. The van der Waals surface area contributed by atoms with E-state index in [9.17, 15) is 72.9 Å². The lowest BCUT2D eigenvalue weighted by molar-refractivity contribution is -0.145. The molecule has 11 atom stereocenters. The fourth-order valence-corrected chi connectivity index (χ4v) is 9.06. The first-order valence-electron chi connectivity index (χ1n) is 30.0. The van der Waals surface area contributed by atoms with E-state index in [2.05, 4.69) is 62.5 Å². The summed E-state index contributed by atoms with van der Waals surface area (Å²) in [5.41, 5.74) is 55.4. The maximum atomic E-state index is 14.4. The van der Waals surface area contributed by atoms with Crippen LogP contribution in [0.2, 0.25) is 0 Å². The van der Waals surface area contributed by atoms with Crippen LogP contribution >= 0.6 is 0 Å². The molecule has 520 valence electrons. The van der Waals surface area contributed by atoms with Crippen LogP contribution in [-0.4, -0.2) is 239 Å². The number of nitrogens with zero attached hydrogens (tertiary/aromatic N) is 6. The number of carboxylic acids is 2. The maximum Gasteiger partial charge on any atom is 0.323 e. The Labute approximate surface area is 532 Å². The third-order valence-corrected chi connectivity index (χ3v) is 14.1. The Morgan fingerprint density at radius 2 is 0.837 bits per heavy atom. The van der Waals surface area contributed by atoms with E-state index in [0.717, 1.165) is 4.90 Å². The normalized spacial score (nSPS) is 15.8. The summed E-state index contributed by atoms with van der Waals surface area (Å²) in [7, 11) is 1.23. The topological polar surface area (TPSA) is 678 Å². The first-order valence-corrected chi connectivity index (χ1v) is 30.0. The van der Waals surface area contributed by atoms with E-state index in [0.29, 0.717) is 19.3 Å². The molecule has 0 aromatic carbocycles. The molecule has 39 heteroatoms. The molecular formula is C53H98N24O15. The molecule has 1 rings (SSSR count). The number of aliphatic carboxylic acids is 2. The molecule has 1 aliphatic rings. The number of nitrogens with two attached hydrogens (primary N) is 10. The van der Waals surface area contributed by atoms with Gasteiger partial charge in [-0.1, -0.05) is 0 Å². The van der Waals surface area contributed by atoms with E-state index >= 15 is 0 Å². The van der Waals surface area contributed by atoms with Crippen molar-refractivity contribution in [3.05, 3.63) is 0 Å². The second-order valence-electron chi connectivity index (χ2n) is 21.9. The fraction of sp³-hybridized carbons (Fsp3) is 0.698. The summed E-state index contributed by atoms with van der Waals surface area (Å²) in [6.45, 7) is 3.40. The molecule has 0 aliphatic carbocycles. The summed E-state index contributed by atoms with van der Waals surface area (Å²) in [5, 5.41) is 49.2. The van der Waals surface area contributed by atoms with Gasteiger partial charge in [-0.25, -0.2) is 0 Å². The van der Waals surface area contributed by atoms with Gasteiger partial charge in [0.1, 0.15) is 67.0 Å². The number of likely N-dealkylation sites (N-methyl/N-ethyl adjacent to an activating group) is 1. The van der Waals surface area contributed by atoms with Crippen molar-refractivity contribution in [1.29, 1.82) is 0 Å². The van der Waals surface area contributed by atoms with Gasteiger partial charge in [-0.2, -0.15) is 0 Å². The van der Waals surface area contributed by atoms with E-state index in [1.807, 2.05) is 0 Å². The Balaban J connectivity index is 3.56. The second-order valence-corrected chi connectivity index (χ2v) is 21.9. The lowest BCUT2D eigenvalue weighted by Gasteiger charge is -2.29. The van der Waals surface area contributed by atoms with Gasteiger partial charge in [0, 0.05) is 46.2 Å². The molecule has 0 radical (unpaired) electrons. The quantitative estimate of drug-likeness (QED) is 0.0153. The molecular weight excluding hydrogens is 1210 g/mol. The summed E-state index contributed by atoms with van der Waals surface area (Å²) in [6.07, 6.45) is -1.53. The molecule has 1 heterocycles. The first kappa shape index (κ1) is 80.6. The smallest absolute Gasteiger partial charge is 0.323 e. The van der Waals surface area contributed by atoms with E-state index in [-0.39, 0.29) is 127 Å². The lowest BCUT2D eigenvalue weighted by atomic mass is 10.0. The molecule has 0 spiro atoms. The van der Waals surface area contributed by atoms with E-state index in [4.69, 9.17) is 57.3 Å². The van der Waals surface area contributed by atoms with Gasteiger partial charge < -0.3 is 125 Å². The first-order chi connectivity index (χ1) is 43.2. The molecule has 39 nitrogen and oxygen atoms in total. The zero-order valence-corrected chi connectivity index (χ0v) is 52.6.